The lowest BCUT2D eigenvalue weighted by Crippen LogP contribution is -2.48. The monoisotopic (exact) mass is 239 g/mol. The number of carbonyl (C=O) groups is 1. The Morgan fingerprint density at radius 1 is 1.31 bits per heavy atom. The number of benzene rings is 1. The number of rotatable bonds is 3. The third kappa shape index (κ3) is 2.24. The van der Waals surface area contributed by atoms with E-state index >= 15 is 0 Å². The van der Waals surface area contributed by atoms with Gasteiger partial charge in [0.1, 0.15) is 5.25 Å². The van der Waals surface area contributed by atoms with Crippen molar-refractivity contribution >= 4 is 15.7 Å². The summed E-state index contributed by atoms with van der Waals surface area (Å²) >= 11 is 0. The van der Waals surface area contributed by atoms with Crippen LogP contribution >= 0.6 is 0 Å². The van der Waals surface area contributed by atoms with Gasteiger partial charge in [0, 0.05) is 6.54 Å². The standard InChI is InChI=1S/C11H13NO3S/c13-11(10-6-7-16(10,14)15)12-8-9-4-2-1-3-5-9/h1-5,10H,6-8H2,(H,12,13). The molecule has 0 radical (unpaired) electrons. The van der Waals surface area contributed by atoms with Crippen molar-refractivity contribution in [2.24, 2.45) is 0 Å². The Balaban J connectivity index is 1.90. The Kier molecular flexibility index (Phi) is 2.96. The lowest BCUT2D eigenvalue weighted by molar-refractivity contribution is -0.121. The molecular formula is C11H13NO3S. The number of hydrogen-bond donors (Lipinski definition) is 1. The maximum atomic E-state index is 11.5. The molecule has 1 aromatic carbocycles. The summed E-state index contributed by atoms with van der Waals surface area (Å²) in [5.41, 5.74) is 0.965. The molecule has 86 valence electrons. The van der Waals surface area contributed by atoms with Crippen molar-refractivity contribution in [2.75, 3.05) is 5.75 Å². The van der Waals surface area contributed by atoms with Crippen LogP contribution in [0.2, 0.25) is 0 Å². The first-order valence-electron chi connectivity index (χ1n) is 5.13. The molecule has 1 aliphatic heterocycles. The van der Waals surface area contributed by atoms with Gasteiger partial charge in [-0.3, -0.25) is 4.79 Å². The summed E-state index contributed by atoms with van der Waals surface area (Å²) in [4.78, 5) is 11.5. The van der Waals surface area contributed by atoms with Gasteiger partial charge >= 0.3 is 0 Å². The van der Waals surface area contributed by atoms with Crippen LogP contribution in [0.25, 0.3) is 0 Å². The van der Waals surface area contributed by atoms with Gasteiger partial charge in [-0.05, 0) is 12.0 Å². The van der Waals surface area contributed by atoms with Crippen molar-refractivity contribution in [3.8, 4) is 0 Å². The first kappa shape index (κ1) is 11.1. The summed E-state index contributed by atoms with van der Waals surface area (Å²) in [6.07, 6.45) is 0.447. The molecule has 1 unspecified atom stereocenters. The summed E-state index contributed by atoms with van der Waals surface area (Å²) in [5.74, 6) is -0.244. The van der Waals surface area contributed by atoms with Crippen molar-refractivity contribution in [1.29, 1.82) is 0 Å². The molecular weight excluding hydrogens is 226 g/mol. The molecule has 1 saturated heterocycles. The van der Waals surface area contributed by atoms with Gasteiger partial charge in [-0.1, -0.05) is 30.3 Å². The highest BCUT2D eigenvalue weighted by Gasteiger charge is 2.41. The maximum Gasteiger partial charge on any atom is 0.238 e. The van der Waals surface area contributed by atoms with Crippen LogP contribution in [0, 0.1) is 0 Å². The molecule has 1 fully saturated rings. The first-order valence-corrected chi connectivity index (χ1v) is 6.84. The van der Waals surface area contributed by atoms with Gasteiger partial charge in [0.05, 0.1) is 5.75 Å². The van der Waals surface area contributed by atoms with Crippen molar-refractivity contribution in [3.63, 3.8) is 0 Å². The molecule has 1 amide bonds. The highest BCUT2D eigenvalue weighted by atomic mass is 32.2. The fourth-order valence-electron chi connectivity index (χ4n) is 1.62. The van der Waals surface area contributed by atoms with E-state index in [0.717, 1.165) is 5.56 Å². The Morgan fingerprint density at radius 2 is 2.00 bits per heavy atom. The van der Waals surface area contributed by atoms with Crippen molar-refractivity contribution < 1.29 is 13.2 Å². The maximum absolute atomic E-state index is 11.5. The lowest BCUT2D eigenvalue weighted by atomic mass is 10.2. The van der Waals surface area contributed by atoms with Crippen LogP contribution in [0.15, 0.2) is 30.3 Å². The van der Waals surface area contributed by atoms with E-state index in [2.05, 4.69) is 5.32 Å². The second kappa shape index (κ2) is 4.25. The van der Waals surface area contributed by atoms with E-state index in [1.165, 1.54) is 0 Å². The molecule has 0 bridgehead atoms. The minimum atomic E-state index is -3.14. The third-order valence-electron chi connectivity index (χ3n) is 2.70. The van der Waals surface area contributed by atoms with E-state index < -0.39 is 15.1 Å². The largest absolute Gasteiger partial charge is 0.351 e. The molecule has 0 spiro atoms. The summed E-state index contributed by atoms with van der Waals surface area (Å²) in [7, 11) is -3.14. The third-order valence-corrected chi connectivity index (χ3v) is 4.82. The fraction of sp³-hybridized carbons (Fsp3) is 0.364. The lowest BCUT2D eigenvalue weighted by Gasteiger charge is -2.24. The van der Waals surface area contributed by atoms with E-state index in [1.54, 1.807) is 0 Å². The number of amides is 1. The number of hydrogen-bond acceptors (Lipinski definition) is 3. The zero-order valence-corrected chi connectivity index (χ0v) is 9.53. The van der Waals surface area contributed by atoms with Crippen LogP contribution < -0.4 is 5.32 Å². The van der Waals surface area contributed by atoms with Gasteiger partial charge in [0.2, 0.25) is 5.91 Å². The van der Waals surface area contributed by atoms with Crippen LogP contribution in [-0.2, 0) is 21.2 Å². The molecule has 0 aromatic heterocycles. The Hall–Kier alpha value is -1.36. The Bertz CT molecular complexity index is 481. The van der Waals surface area contributed by atoms with Crippen LogP contribution in [0.4, 0.5) is 0 Å². The van der Waals surface area contributed by atoms with E-state index in [4.69, 9.17) is 0 Å². The Labute approximate surface area is 94.6 Å². The average molecular weight is 239 g/mol. The quantitative estimate of drug-likeness (QED) is 0.835. The zero-order valence-electron chi connectivity index (χ0n) is 8.72. The van der Waals surface area contributed by atoms with Crippen LogP contribution in [0.3, 0.4) is 0 Å². The van der Waals surface area contributed by atoms with Crippen molar-refractivity contribution in [2.45, 2.75) is 18.2 Å². The molecule has 1 heterocycles. The first-order chi connectivity index (χ1) is 7.59. The number of nitrogens with one attached hydrogen (secondary N) is 1. The second-order valence-corrected chi connectivity index (χ2v) is 6.15. The molecule has 2 rings (SSSR count). The van der Waals surface area contributed by atoms with Gasteiger partial charge < -0.3 is 5.32 Å². The average Bonchev–Trinajstić information content (AvgIpc) is 2.26. The molecule has 1 N–H and O–H groups in total. The minimum absolute atomic E-state index is 0.135. The van der Waals surface area contributed by atoms with Crippen LogP contribution in [-0.4, -0.2) is 25.3 Å². The Morgan fingerprint density at radius 3 is 2.50 bits per heavy atom. The zero-order chi connectivity index (χ0) is 11.6. The molecule has 5 heteroatoms. The van der Waals surface area contributed by atoms with Crippen molar-refractivity contribution in [1.82, 2.24) is 5.32 Å². The van der Waals surface area contributed by atoms with Gasteiger partial charge in [0.15, 0.2) is 9.84 Å². The fourth-order valence-corrected chi connectivity index (χ4v) is 2.89. The summed E-state index contributed by atoms with van der Waals surface area (Å²) in [6, 6.07) is 9.41. The summed E-state index contributed by atoms with van der Waals surface area (Å²) < 4.78 is 22.4. The van der Waals surface area contributed by atoms with E-state index in [1.807, 2.05) is 30.3 Å². The molecule has 0 saturated carbocycles. The van der Waals surface area contributed by atoms with Crippen LogP contribution in [0.5, 0.6) is 0 Å². The number of sulfone groups is 1. The van der Waals surface area contributed by atoms with Crippen LogP contribution in [0.1, 0.15) is 12.0 Å². The van der Waals surface area contributed by atoms with Gasteiger partial charge in [0.25, 0.3) is 0 Å². The molecule has 1 aromatic rings. The SMILES string of the molecule is O=C(NCc1ccccc1)C1CCS1(=O)=O. The normalized spacial score (nSPS) is 22.1. The van der Waals surface area contributed by atoms with E-state index in [9.17, 15) is 13.2 Å². The topological polar surface area (TPSA) is 63.2 Å². The highest BCUT2D eigenvalue weighted by Crippen LogP contribution is 2.20. The highest BCUT2D eigenvalue weighted by molar-refractivity contribution is 7.94. The predicted molar refractivity (Wildman–Crippen MR) is 60.5 cm³/mol. The minimum Gasteiger partial charge on any atom is -0.351 e. The van der Waals surface area contributed by atoms with Gasteiger partial charge in [-0.25, -0.2) is 8.42 Å². The van der Waals surface area contributed by atoms with E-state index in [-0.39, 0.29) is 11.7 Å². The second-order valence-electron chi connectivity index (χ2n) is 3.85. The van der Waals surface area contributed by atoms with E-state index in [0.29, 0.717) is 13.0 Å². The van der Waals surface area contributed by atoms with Gasteiger partial charge in [-0.15, -0.1) is 0 Å². The predicted octanol–water partition coefficient (Wildman–Crippen LogP) is 0.490. The summed E-state index contributed by atoms with van der Waals surface area (Å²) in [5, 5.41) is 1.82. The summed E-state index contributed by atoms with van der Waals surface area (Å²) in [6.45, 7) is 0.381. The molecule has 1 aliphatic rings. The smallest absolute Gasteiger partial charge is 0.238 e. The van der Waals surface area contributed by atoms with Gasteiger partial charge in [-0.2, -0.15) is 0 Å². The molecule has 16 heavy (non-hydrogen) atoms. The number of carbonyl (C=O) groups excluding carboxylic acids is 1. The molecule has 1 atom stereocenters. The molecule has 0 aliphatic carbocycles. The van der Waals surface area contributed by atoms with Crippen molar-refractivity contribution in [3.05, 3.63) is 35.9 Å². The molecule has 4 nitrogen and oxygen atoms in total.